The van der Waals surface area contributed by atoms with Gasteiger partial charge in [-0.05, 0) is 105 Å². The first-order valence-corrected chi connectivity index (χ1v) is 13.7. The van der Waals surface area contributed by atoms with Crippen molar-refractivity contribution in [2.45, 2.75) is 111 Å². The van der Waals surface area contributed by atoms with E-state index in [0.717, 1.165) is 44.9 Å². The van der Waals surface area contributed by atoms with Gasteiger partial charge in [-0.25, -0.2) is 0 Å². The molecule has 0 amide bonds. The molecule has 3 saturated carbocycles. The number of carbonyl (C=O) groups is 2. The van der Waals surface area contributed by atoms with Crippen LogP contribution < -0.4 is 0 Å². The SMILES string of the molecule is CC1(C)CC[C@]2(C(=O)O)CCC3=C(CCC4[C@@]5(C)CC(O)C(O)[C@@](C)(C(=O)O)C5CC[C@@]34C)C2C1. The average molecular weight is 489 g/mol. The molecule has 6 nitrogen and oxygen atoms in total. The van der Waals surface area contributed by atoms with E-state index in [0.29, 0.717) is 19.3 Å². The summed E-state index contributed by atoms with van der Waals surface area (Å²) in [6.45, 7) is 10.7. The van der Waals surface area contributed by atoms with Gasteiger partial charge < -0.3 is 20.4 Å². The third-order valence-electron chi connectivity index (χ3n) is 12.2. The largest absolute Gasteiger partial charge is 0.481 e. The predicted octanol–water partition coefficient (Wildman–Crippen LogP) is 5.02. The van der Waals surface area contributed by atoms with E-state index in [1.165, 1.54) is 11.1 Å². The summed E-state index contributed by atoms with van der Waals surface area (Å²) in [5.74, 6) is -1.57. The molecule has 5 rings (SSSR count). The van der Waals surface area contributed by atoms with Crippen molar-refractivity contribution < 1.29 is 30.0 Å². The minimum Gasteiger partial charge on any atom is -0.481 e. The number of hydrogen-bond acceptors (Lipinski definition) is 4. The monoisotopic (exact) mass is 488 g/mol. The summed E-state index contributed by atoms with van der Waals surface area (Å²) in [4.78, 5) is 25.1. The van der Waals surface area contributed by atoms with Crippen LogP contribution in [0.1, 0.15) is 98.8 Å². The van der Waals surface area contributed by atoms with Gasteiger partial charge in [-0.2, -0.15) is 0 Å². The third kappa shape index (κ3) is 3.14. The van der Waals surface area contributed by atoms with Gasteiger partial charge in [0.05, 0.1) is 23.0 Å². The number of aliphatic carboxylic acids is 2. The van der Waals surface area contributed by atoms with E-state index in [9.17, 15) is 30.0 Å². The zero-order chi connectivity index (χ0) is 25.8. The lowest BCUT2D eigenvalue weighted by Gasteiger charge is -2.67. The van der Waals surface area contributed by atoms with Gasteiger partial charge in [0, 0.05) is 0 Å². The van der Waals surface area contributed by atoms with Crippen LogP contribution in [0, 0.1) is 44.8 Å². The van der Waals surface area contributed by atoms with Crippen LogP contribution in [0.3, 0.4) is 0 Å². The van der Waals surface area contributed by atoms with Crippen molar-refractivity contribution in [1.82, 2.24) is 0 Å². The fourth-order valence-electron chi connectivity index (χ4n) is 10.3. The quantitative estimate of drug-likeness (QED) is 0.406. The number of aliphatic hydroxyl groups is 2. The number of allylic oxidation sites excluding steroid dienone is 2. The van der Waals surface area contributed by atoms with E-state index in [4.69, 9.17) is 0 Å². The zero-order valence-corrected chi connectivity index (χ0v) is 22.1. The highest BCUT2D eigenvalue weighted by molar-refractivity contribution is 5.77. The number of carboxylic acid groups (broad SMARTS) is 2. The summed E-state index contributed by atoms with van der Waals surface area (Å²) in [6, 6.07) is 0. The molecule has 35 heavy (non-hydrogen) atoms. The fourth-order valence-corrected chi connectivity index (χ4v) is 10.3. The molecule has 0 radical (unpaired) electrons. The molecular formula is C29H44O6. The minimum atomic E-state index is -1.37. The second kappa shape index (κ2) is 7.56. The molecule has 0 aliphatic heterocycles. The normalized spacial score (nSPS) is 50.9. The van der Waals surface area contributed by atoms with E-state index in [-0.39, 0.29) is 28.6 Å². The van der Waals surface area contributed by atoms with Crippen LogP contribution in [0.2, 0.25) is 0 Å². The Morgan fingerprint density at radius 2 is 1.49 bits per heavy atom. The first-order valence-electron chi connectivity index (χ1n) is 13.7. The Bertz CT molecular complexity index is 984. The fraction of sp³-hybridized carbons (Fsp3) is 0.862. The lowest BCUT2D eigenvalue weighted by Crippen LogP contribution is -2.66. The molecule has 196 valence electrons. The zero-order valence-electron chi connectivity index (χ0n) is 22.1. The van der Waals surface area contributed by atoms with Crippen molar-refractivity contribution in [3.63, 3.8) is 0 Å². The minimum absolute atomic E-state index is 0.0823. The molecule has 3 fully saturated rings. The first kappa shape index (κ1) is 25.3. The van der Waals surface area contributed by atoms with Crippen LogP contribution >= 0.6 is 0 Å². The van der Waals surface area contributed by atoms with Gasteiger partial charge in [-0.3, -0.25) is 9.59 Å². The highest BCUT2D eigenvalue weighted by Crippen LogP contribution is 2.71. The van der Waals surface area contributed by atoms with Crippen LogP contribution in [0.4, 0.5) is 0 Å². The van der Waals surface area contributed by atoms with Crippen molar-refractivity contribution in [2.75, 3.05) is 0 Å². The maximum absolute atomic E-state index is 12.7. The summed E-state index contributed by atoms with van der Waals surface area (Å²) in [7, 11) is 0. The standard InChI is InChI=1S/C29H44O6/c1-25(2)12-13-29(24(34)35)11-8-17-16(18(29)14-25)6-7-20-26(17,3)10-9-21-27(20,4)15-19(30)22(31)28(21,5)23(32)33/h18-22,30-31H,6-15H2,1-5H3,(H,32,33)(H,34,35)/t18?,19?,20?,21?,22?,26-,27+,28-,29+/m0/s1. The van der Waals surface area contributed by atoms with Gasteiger partial charge >= 0.3 is 11.9 Å². The Balaban J connectivity index is 1.59. The molecule has 5 aliphatic rings. The molecule has 0 aromatic carbocycles. The molecule has 5 aliphatic carbocycles. The first-order chi connectivity index (χ1) is 16.1. The van der Waals surface area contributed by atoms with Crippen molar-refractivity contribution in [3.05, 3.63) is 11.1 Å². The summed E-state index contributed by atoms with van der Waals surface area (Å²) in [6.07, 6.45) is 5.54. The lowest BCUT2D eigenvalue weighted by atomic mass is 9.38. The molecule has 9 atom stereocenters. The van der Waals surface area contributed by atoms with Crippen molar-refractivity contribution >= 4 is 11.9 Å². The topological polar surface area (TPSA) is 115 Å². The van der Waals surface area contributed by atoms with Crippen LogP contribution in [0.25, 0.3) is 0 Å². The highest BCUT2D eigenvalue weighted by atomic mass is 16.4. The molecule has 0 aromatic heterocycles. The number of carboxylic acids is 2. The van der Waals surface area contributed by atoms with Gasteiger partial charge in [-0.1, -0.05) is 38.8 Å². The Hall–Kier alpha value is -1.40. The van der Waals surface area contributed by atoms with Crippen LogP contribution in [0.5, 0.6) is 0 Å². The van der Waals surface area contributed by atoms with E-state index in [2.05, 4.69) is 27.7 Å². The smallest absolute Gasteiger partial charge is 0.312 e. The van der Waals surface area contributed by atoms with Crippen LogP contribution in [0.15, 0.2) is 11.1 Å². The van der Waals surface area contributed by atoms with Crippen LogP contribution in [-0.2, 0) is 9.59 Å². The number of rotatable bonds is 2. The molecule has 0 saturated heterocycles. The van der Waals surface area contributed by atoms with Gasteiger partial charge in [-0.15, -0.1) is 0 Å². The summed E-state index contributed by atoms with van der Waals surface area (Å²) in [5.41, 5.74) is 0.437. The molecule has 4 N–H and O–H groups in total. The second-order valence-corrected chi connectivity index (χ2v) is 14.3. The van der Waals surface area contributed by atoms with E-state index >= 15 is 0 Å². The number of hydrogen-bond donors (Lipinski definition) is 4. The van der Waals surface area contributed by atoms with Gasteiger partial charge in [0.25, 0.3) is 0 Å². The Morgan fingerprint density at radius 1 is 0.800 bits per heavy atom. The summed E-state index contributed by atoms with van der Waals surface area (Å²) < 4.78 is 0. The van der Waals surface area contributed by atoms with Crippen molar-refractivity contribution in [1.29, 1.82) is 0 Å². The molecule has 0 bridgehead atoms. The molecule has 0 aromatic rings. The van der Waals surface area contributed by atoms with Gasteiger partial charge in [0.1, 0.15) is 0 Å². The molecule has 6 heteroatoms. The van der Waals surface area contributed by atoms with Crippen molar-refractivity contribution in [3.8, 4) is 0 Å². The number of aliphatic hydroxyl groups excluding tert-OH is 2. The van der Waals surface area contributed by atoms with Gasteiger partial charge in [0.15, 0.2) is 0 Å². The molecular weight excluding hydrogens is 444 g/mol. The maximum atomic E-state index is 12.7. The van der Waals surface area contributed by atoms with E-state index < -0.39 is 40.4 Å². The second-order valence-electron chi connectivity index (χ2n) is 14.3. The van der Waals surface area contributed by atoms with E-state index in [1.54, 1.807) is 6.92 Å². The van der Waals surface area contributed by atoms with Crippen LogP contribution in [-0.4, -0.2) is 44.6 Å². The molecule has 5 unspecified atom stereocenters. The third-order valence-corrected chi connectivity index (χ3v) is 12.2. The van der Waals surface area contributed by atoms with Gasteiger partial charge in [0.2, 0.25) is 0 Å². The average Bonchev–Trinajstić information content (AvgIpc) is 2.76. The lowest BCUT2D eigenvalue weighted by molar-refractivity contribution is -0.224. The molecule has 0 heterocycles. The Kier molecular flexibility index (Phi) is 5.46. The Morgan fingerprint density at radius 3 is 2.11 bits per heavy atom. The molecule has 0 spiro atoms. The highest BCUT2D eigenvalue weighted by Gasteiger charge is 2.68. The van der Waals surface area contributed by atoms with Crippen molar-refractivity contribution in [2.24, 2.45) is 44.8 Å². The summed E-state index contributed by atoms with van der Waals surface area (Å²) >= 11 is 0. The Labute approximate surface area is 209 Å². The predicted molar refractivity (Wildman–Crippen MR) is 131 cm³/mol. The maximum Gasteiger partial charge on any atom is 0.312 e. The van der Waals surface area contributed by atoms with E-state index in [1.807, 2.05) is 0 Å². The summed E-state index contributed by atoms with van der Waals surface area (Å²) in [5, 5.41) is 42.3. The number of fused-ring (bicyclic) bond motifs is 6.